The highest BCUT2D eigenvalue weighted by Gasteiger charge is 2.27. The molecule has 1 fully saturated rings. The molecule has 6 nitrogen and oxygen atoms in total. The fourth-order valence-corrected chi connectivity index (χ4v) is 3.75. The number of imidazole rings is 1. The molecule has 1 aromatic heterocycles. The van der Waals surface area contributed by atoms with Crippen LogP contribution in [0.5, 0.6) is 0 Å². The maximum Gasteiger partial charge on any atom is 0.242 e. The number of aromatic nitrogens is 2. The van der Waals surface area contributed by atoms with Gasteiger partial charge in [0, 0.05) is 31.5 Å². The first-order valence-corrected chi connectivity index (χ1v) is 9.49. The van der Waals surface area contributed by atoms with Crippen molar-refractivity contribution >= 4 is 11.8 Å². The zero-order valence-electron chi connectivity index (χ0n) is 15.2. The molecule has 0 radical (unpaired) electrons. The molecule has 0 aliphatic carbocycles. The fraction of sp³-hybridized carbons (Fsp3) is 0.450. The summed E-state index contributed by atoms with van der Waals surface area (Å²) in [5.74, 6) is 0.364. The van der Waals surface area contributed by atoms with Gasteiger partial charge in [0.2, 0.25) is 11.8 Å². The summed E-state index contributed by atoms with van der Waals surface area (Å²) >= 11 is 0. The van der Waals surface area contributed by atoms with Crippen LogP contribution in [0.2, 0.25) is 0 Å². The van der Waals surface area contributed by atoms with Crippen molar-refractivity contribution in [3.8, 4) is 11.4 Å². The first-order valence-electron chi connectivity index (χ1n) is 9.49. The number of carbonyl (C=O) groups excluding carboxylic acids is 2. The number of halogens is 1. The largest absolute Gasteiger partial charge is 0.340 e. The van der Waals surface area contributed by atoms with Crippen molar-refractivity contribution in [1.82, 2.24) is 19.8 Å². The van der Waals surface area contributed by atoms with Crippen molar-refractivity contribution in [1.29, 1.82) is 0 Å². The summed E-state index contributed by atoms with van der Waals surface area (Å²) in [6, 6.07) is 6.30. The first kappa shape index (κ1) is 17.7. The van der Waals surface area contributed by atoms with Gasteiger partial charge in [0.05, 0.1) is 24.5 Å². The van der Waals surface area contributed by atoms with E-state index in [9.17, 15) is 14.0 Å². The summed E-state index contributed by atoms with van der Waals surface area (Å²) in [4.78, 5) is 36.1. The van der Waals surface area contributed by atoms with Crippen LogP contribution < -0.4 is 0 Å². The molecule has 0 saturated carbocycles. The van der Waals surface area contributed by atoms with Crippen molar-refractivity contribution < 1.29 is 14.0 Å². The molecule has 2 aromatic rings. The van der Waals surface area contributed by atoms with E-state index in [1.165, 1.54) is 12.1 Å². The smallest absolute Gasteiger partial charge is 0.242 e. The SMILES string of the molecule is O=C1CCCCCN1CC(=O)N1CCc2nc(-c3cccc(F)c3)[nH]c2C1. The third-order valence-corrected chi connectivity index (χ3v) is 5.28. The minimum atomic E-state index is -0.305. The molecule has 7 heteroatoms. The number of nitrogens with zero attached hydrogens (tertiary/aromatic N) is 3. The maximum absolute atomic E-state index is 13.5. The molecule has 0 unspecified atom stereocenters. The second-order valence-corrected chi connectivity index (χ2v) is 7.21. The van der Waals surface area contributed by atoms with E-state index in [4.69, 9.17) is 0 Å². The van der Waals surface area contributed by atoms with Crippen LogP contribution >= 0.6 is 0 Å². The number of likely N-dealkylation sites (tertiary alicyclic amines) is 1. The van der Waals surface area contributed by atoms with Gasteiger partial charge < -0.3 is 14.8 Å². The Morgan fingerprint density at radius 3 is 2.93 bits per heavy atom. The molecule has 142 valence electrons. The van der Waals surface area contributed by atoms with Crippen molar-refractivity contribution in [2.24, 2.45) is 0 Å². The second kappa shape index (κ2) is 7.50. The highest BCUT2D eigenvalue weighted by Crippen LogP contribution is 2.23. The van der Waals surface area contributed by atoms with E-state index < -0.39 is 0 Å². The van der Waals surface area contributed by atoms with Gasteiger partial charge in [0.15, 0.2) is 0 Å². The maximum atomic E-state index is 13.5. The minimum absolute atomic E-state index is 0.0298. The predicted octanol–water partition coefficient (Wildman–Crippen LogP) is 2.50. The molecule has 2 aliphatic rings. The van der Waals surface area contributed by atoms with Crippen molar-refractivity contribution in [3.05, 3.63) is 41.5 Å². The van der Waals surface area contributed by atoms with Gasteiger partial charge >= 0.3 is 0 Å². The summed E-state index contributed by atoms with van der Waals surface area (Å²) in [6.45, 7) is 1.84. The molecule has 0 bridgehead atoms. The van der Waals surface area contributed by atoms with Crippen LogP contribution in [0.1, 0.15) is 37.1 Å². The number of carbonyl (C=O) groups is 2. The third kappa shape index (κ3) is 3.86. The molecular formula is C20H23FN4O2. The lowest BCUT2D eigenvalue weighted by Crippen LogP contribution is -2.44. The number of fused-ring (bicyclic) bond motifs is 1. The van der Waals surface area contributed by atoms with E-state index in [-0.39, 0.29) is 24.2 Å². The summed E-state index contributed by atoms with van der Waals surface area (Å²) < 4.78 is 13.5. The third-order valence-electron chi connectivity index (χ3n) is 5.28. The molecule has 3 heterocycles. The van der Waals surface area contributed by atoms with Gasteiger partial charge in [-0.25, -0.2) is 9.37 Å². The molecular weight excluding hydrogens is 347 g/mol. The van der Waals surface area contributed by atoms with Gasteiger partial charge in [0.1, 0.15) is 11.6 Å². The Morgan fingerprint density at radius 2 is 2.07 bits per heavy atom. The van der Waals surface area contributed by atoms with Crippen molar-refractivity contribution in [2.45, 2.75) is 38.6 Å². The Bertz CT molecular complexity index is 863. The summed E-state index contributed by atoms with van der Waals surface area (Å²) in [7, 11) is 0. The molecule has 2 aliphatic heterocycles. The Morgan fingerprint density at radius 1 is 1.19 bits per heavy atom. The second-order valence-electron chi connectivity index (χ2n) is 7.21. The fourth-order valence-electron chi connectivity index (χ4n) is 3.75. The lowest BCUT2D eigenvalue weighted by Gasteiger charge is -2.29. The van der Waals surface area contributed by atoms with Gasteiger partial charge in [0.25, 0.3) is 0 Å². The Kier molecular flexibility index (Phi) is 4.92. The van der Waals surface area contributed by atoms with Crippen molar-refractivity contribution in [2.75, 3.05) is 19.6 Å². The van der Waals surface area contributed by atoms with Gasteiger partial charge in [-0.3, -0.25) is 9.59 Å². The Balaban J connectivity index is 1.45. The van der Waals surface area contributed by atoms with Crippen LogP contribution in [0, 0.1) is 5.82 Å². The van der Waals surface area contributed by atoms with Crippen LogP contribution in [-0.4, -0.2) is 51.2 Å². The number of hydrogen-bond acceptors (Lipinski definition) is 3. The monoisotopic (exact) mass is 370 g/mol. The lowest BCUT2D eigenvalue weighted by molar-refractivity contribution is -0.140. The van der Waals surface area contributed by atoms with E-state index in [1.54, 1.807) is 21.9 Å². The lowest BCUT2D eigenvalue weighted by atomic mass is 10.1. The quantitative estimate of drug-likeness (QED) is 0.903. The number of H-pyrrole nitrogens is 1. The summed E-state index contributed by atoms with van der Waals surface area (Å²) in [5.41, 5.74) is 2.50. The molecule has 0 spiro atoms. The number of rotatable bonds is 3. The number of nitrogens with one attached hydrogen (secondary N) is 1. The average molecular weight is 370 g/mol. The van der Waals surface area contributed by atoms with E-state index in [0.29, 0.717) is 43.9 Å². The average Bonchev–Trinajstić information content (AvgIpc) is 2.99. The predicted molar refractivity (Wildman–Crippen MR) is 98.2 cm³/mol. The van der Waals surface area contributed by atoms with Gasteiger partial charge in [-0.15, -0.1) is 0 Å². The van der Waals surface area contributed by atoms with Crippen LogP contribution in [-0.2, 0) is 22.6 Å². The summed E-state index contributed by atoms with van der Waals surface area (Å²) in [6.07, 6.45) is 4.10. The standard InChI is InChI=1S/C20H23FN4O2/c21-15-6-4-5-14(11-15)20-22-16-8-10-25(12-17(16)23-20)19(27)13-24-9-3-1-2-7-18(24)26/h4-6,11H,1-3,7-10,12-13H2,(H,22,23). The zero-order chi connectivity index (χ0) is 18.8. The summed E-state index contributed by atoms with van der Waals surface area (Å²) in [5, 5.41) is 0. The molecule has 27 heavy (non-hydrogen) atoms. The van der Waals surface area contributed by atoms with E-state index in [2.05, 4.69) is 9.97 Å². The Labute approximate surface area is 157 Å². The molecule has 1 aromatic carbocycles. The minimum Gasteiger partial charge on any atom is -0.340 e. The van der Waals surface area contributed by atoms with Crippen LogP contribution in [0.25, 0.3) is 11.4 Å². The number of aromatic amines is 1. The topological polar surface area (TPSA) is 69.3 Å². The van der Waals surface area contributed by atoms with E-state index in [1.807, 2.05) is 0 Å². The molecule has 1 saturated heterocycles. The highest BCUT2D eigenvalue weighted by atomic mass is 19.1. The number of amides is 2. The molecule has 1 N–H and O–H groups in total. The normalized spacial score (nSPS) is 17.6. The van der Waals surface area contributed by atoms with Gasteiger partial charge in [-0.05, 0) is 25.0 Å². The van der Waals surface area contributed by atoms with E-state index >= 15 is 0 Å². The zero-order valence-corrected chi connectivity index (χ0v) is 15.2. The molecule has 4 rings (SSSR count). The highest BCUT2D eigenvalue weighted by molar-refractivity contribution is 5.85. The van der Waals surface area contributed by atoms with Crippen LogP contribution in [0.3, 0.4) is 0 Å². The molecule has 0 atom stereocenters. The first-order chi connectivity index (χ1) is 13.1. The number of hydrogen-bond donors (Lipinski definition) is 1. The molecule has 2 amide bonds. The van der Waals surface area contributed by atoms with Crippen LogP contribution in [0.15, 0.2) is 24.3 Å². The Hall–Kier alpha value is -2.70. The van der Waals surface area contributed by atoms with Crippen LogP contribution in [0.4, 0.5) is 4.39 Å². The van der Waals surface area contributed by atoms with Crippen molar-refractivity contribution in [3.63, 3.8) is 0 Å². The van der Waals surface area contributed by atoms with Gasteiger partial charge in [-0.2, -0.15) is 0 Å². The van der Waals surface area contributed by atoms with Gasteiger partial charge in [-0.1, -0.05) is 18.6 Å². The van der Waals surface area contributed by atoms with E-state index in [0.717, 1.165) is 30.7 Å². The number of benzene rings is 1.